The number of carbonyl (C=O) groups is 2. The van der Waals surface area contributed by atoms with Crippen molar-refractivity contribution in [3.8, 4) is 0 Å². The Kier molecular flexibility index (Phi) is 4.81. The van der Waals surface area contributed by atoms with Crippen LogP contribution in [0.2, 0.25) is 0 Å². The molecule has 1 heterocycles. The van der Waals surface area contributed by atoms with E-state index in [1.807, 2.05) is 30.5 Å². The Morgan fingerprint density at radius 1 is 1.11 bits per heavy atom. The van der Waals surface area contributed by atoms with Crippen LogP contribution in [0, 0.1) is 11.6 Å². The van der Waals surface area contributed by atoms with Gasteiger partial charge >= 0.3 is 0 Å². The molecule has 1 fully saturated rings. The minimum absolute atomic E-state index is 0.0398. The van der Waals surface area contributed by atoms with Crippen LogP contribution in [-0.4, -0.2) is 28.9 Å². The molecule has 5 nitrogen and oxygen atoms in total. The van der Waals surface area contributed by atoms with Crippen molar-refractivity contribution >= 4 is 22.7 Å². The summed E-state index contributed by atoms with van der Waals surface area (Å²) < 4.78 is 26.6. The molecule has 3 aromatic rings. The second-order valence-electron chi connectivity index (χ2n) is 7.00. The van der Waals surface area contributed by atoms with E-state index in [0.29, 0.717) is 0 Å². The third-order valence-electron chi connectivity index (χ3n) is 4.83. The van der Waals surface area contributed by atoms with Gasteiger partial charge < -0.3 is 15.6 Å². The lowest BCUT2D eigenvalue weighted by atomic mass is 10.0. The van der Waals surface area contributed by atoms with Crippen molar-refractivity contribution in [3.05, 3.63) is 71.4 Å². The van der Waals surface area contributed by atoms with Gasteiger partial charge in [0.1, 0.15) is 6.04 Å². The zero-order valence-corrected chi connectivity index (χ0v) is 15.0. The molecule has 3 N–H and O–H groups in total. The van der Waals surface area contributed by atoms with Crippen molar-refractivity contribution < 1.29 is 18.4 Å². The Labute approximate surface area is 160 Å². The minimum atomic E-state index is -1.11. The molecule has 4 rings (SSSR count). The van der Waals surface area contributed by atoms with Gasteiger partial charge in [0.2, 0.25) is 5.91 Å². The van der Waals surface area contributed by atoms with Gasteiger partial charge in [0, 0.05) is 35.1 Å². The molecule has 1 atom stereocenters. The zero-order chi connectivity index (χ0) is 19.7. The number of para-hydroxylation sites is 1. The van der Waals surface area contributed by atoms with Gasteiger partial charge in [-0.25, -0.2) is 8.78 Å². The standard InChI is InChI=1S/C21H19F2N3O2/c22-16-8-5-12(9-17(16)23)20(27)26-19(21(28)25-14-6-7-14)10-13-11-24-18-4-2-1-3-15(13)18/h1-5,8-9,11,14,19,24H,6-7,10H2,(H,25,28)(H,26,27)/t19-/m0/s1. The molecule has 0 saturated heterocycles. The van der Waals surface area contributed by atoms with Crippen molar-refractivity contribution in [2.75, 3.05) is 0 Å². The Hall–Kier alpha value is -3.22. The highest BCUT2D eigenvalue weighted by Gasteiger charge is 2.29. The molecule has 1 aromatic heterocycles. The molecule has 28 heavy (non-hydrogen) atoms. The third-order valence-corrected chi connectivity index (χ3v) is 4.83. The number of fused-ring (bicyclic) bond motifs is 1. The average molecular weight is 383 g/mol. The molecule has 0 spiro atoms. The number of hydrogen-bond donors (Lipinski definition) is 3. The van der Waals surface area contributed by atoms with Crippen LogP contribution in [-0.2, 0) is 11.2 Å². The van der Waals surface area contributed by atoms with Gasteiger partial charge in [-0.05, 0) is 42.7 Å². The summed E-state index contributed by atoms with van der Waals surface area (Å²) in [6.07, 6.45) is 3.93. The number of benzene rings is 2. The number of carbonyl (C=O) groups excluding carboxylic acids is 2. The monoisotopic (exact) mass is 383 g/mol. The Bertz CT molecular complexity index is 1040. The second kappa shape index (κ2) is 7.42. The van der Waals surface area contributed by atoms with E-state index in [9.17, 15) is 18.4 Å². The number of amides is 2. The van der Waals surface area contributed by atoms with Crippen molar-refractivity contribution in [3.63, 3.8) is 0 Å². The van der Waals surface area contributed by atoms with E-state index >= 15 is 0 Å². The first kappa shape index (κ1) is 18.2. The lowest BCUT2D eigenvalue weighted by molar-refractivity contribution is -0.123. The smallest absolute Gasteiger partial charge is 0.252 e. The normalized spacial score (nSPS) is 14.6. The largest absolute Gasteiger partial charge is 0.361 e. The Balaban J connectivity index is 1.56. The summed E-state index contributed by atoms with van der Waals surface area (Å²) in [6.45, 7) is 0. The van der Waals surface area contributed by atoms with Crippen LogP contribution >= 0.6 is 0 Å². The van der Waals surface area contributed by atoms with Crippen LogP contribution < -0.4 is 10.6 Å². The summed E-state index contributed by atoms with van der Waals surface area (Å²) in [5.41, 5.74) is 1.78. The summed E-state index contributed by atoms with van der Waals surface area (Å²) in [5, 5.41) is 6.52. The highest BCUT2D eigenvalue weighted by Crippen LogP contribution is 2.21. The van der Waals surface area contributed by atoms with Crippen LogP contribution in [0.15, 0.2) is 48.7 Å². The van der Waals surface area contributed by atoms with E-state index in [0.717, 1.165) is 41.4 Å². The number of aromatic amines is 1. The maximum atomic E-state index is 13.5. The average Bonchev–Trinajstić information content (AvgIpc) is 3.41. The maximum absolute atomic E-state index is 13.5. The first-order chi connectivity index (χ1) is 13.5. The summed E-state index contributed by atoms with van der Waals surface area (Å²) in [4.78, 5) is 28.4. The van der Waals surface area contributed by atoms with E-state index in [1.54, 1.807) is 0 Å². The van der Waals surface area contributed by atoms with E-state index in [4.69, 9.17) is 0 Å². The van der Waals surface area contributed by atoms with Crippen LogP contribution in [0.25, 0.3) is 10.9 Å². The summed E-state index contributed by atoms with van der Waals surface area (Å²) in [5.74, 6) is -3.06. The van der Waals surface area contributed by atoms with Crippen LogP contribution in [0.4, 0.5) is 8.78 Å². The zero-order valence-electron chi connectivity index (χ0n) is 15.0. The van der Waals surface area contributed by atoms with Crippen molar-refractivity contribution in [2.24, 2.45) is 0 Å². The van der Waals surface area contributed by atoms with Crippen LogP contribution in [0.1, 0.15) is 28.8 Å². The maximum Gasteiger partial charge on any atom is 0.252 e. The number of hydrogen-bond acceptors (Lipinski definition) is 2. The van der Waals surface area contributed by atoms with Gasteiger partial charge in [0.25, 0.3) is 5.91 Å². The summed E-state index contributed by atoms with van der Waals surface area (Å²) >= 11 is 0. The van der Waals surface area contributed by atoms with Gasteiger partial charge in [0.15, 0.2) is 11.6 Å². The molecule has 1 aliphatic carbocycles. The van der Waals surface area contributed by atoms with E-state index in [-0.39, 0.29) is 23.9 Å². The minimum Gasteiger partial charge on any atom is -0.361 e. The summed E-state index contributed by atoms with van der Waals surface area (Å²) in [7, 11) is 0. The molecule has 0 aliphatic heterocycles. The molecular formula is C21H19F2N3O2. The molecule has 0 unspecified atom stereocenters. The molecule has 0 radical (unpaired) electrons. The Morgan fingerprint density at radius 2 is 1.89 bits per heavy atom. The predicted molar refractivity (Wildman–Crippen MR) is 101 cm³/mol. The highest BCUT2D eigenvalue weighted by atomic mass is 19.2. The number of nitrogens with one attached hydrogen (secondary N) is 3. The fourth-order valence-electron chi connectivity index (χ4n) is 3.14. The number of halogens is 2. The number of rotatable bonds is 6. The topological polar surface area (TPSA) is 74.0 Å². The molecule has 1 saturated carbocycles. The lowest BCUT2D eigenvalue weighted by Crippen LogP contribution is -2.48. The molecule has 144 valence electrons. The molecular weight excluding hydrogens is 364 g/mol. The number of aromatic nitrogens is 1. The lowest BCUT2D eigenvalue weighted by Gasteiger charge is -2.18. The quantitative estimate of drug-likeness (QED) is 0.612. The predicted octanol–water partition coefficient (Wildman–Crippen LogP) is 3.07. The van der Waals surface area contributed by atoms with Crippen LogP contribution in [0.5, 0.6) is 0 Å². The highest BCUT2D eigenvalue weighted by molar-refractivity contribution is 5.98. The van der Waals surface area contributed by atoms with Crippen molar-refractivity contribution in [1.29, 1.82) is 0 Å². The van der Waals surface area contributed by atoms with E-state index in [2.05, 4.69) is 15.6 Å². The Morgan fingerprint density at radius 3 is 2.64 bits per heavy atom. The molecule has 1 aliphatic rings. The molecule has 7 heteroatoms. The summed E-state index contributed by atoms with van der Waals surface area (Å²) in [6, 6.07) is 9.89. The van der Waals surface area contributed by atoms with E-state index in [1.165, 1.54) is 6.07 Å². The molecule has 0 bridgehead atoms. The fraction of sp³-hybridized carbons (Fsp3) is 0.238. The van der Waals surface area contributed by atoms with Gasteiger partial charge in [0.05, 0.1) is 0 Å². The number of H-pyrrole nitrogens is 1. The van der Waals surface area contributed by atoms with E-state index < -0.39 is 23.6 Å². The first-order valence-corrected chi connectivity index (χ1v) is 9.12. The van der Waals surface area contributed by atoms with Crippen molar-refractivity contribution in [2.45, 2.75) is 31.3 Å². The van der Waals surface area contributed by atoms with Gasteiger partial charge in [-0.3, -0.25) is 9.59 Å². The van der Waals surface area contributed by atoms with Gasteiger partial charge in [-0.15, -0.1) is 0 Å². The molecule has 2 amide bonds. The SMILES string of the molecule is O=C(N[C@@H](Cc1c[nH]c2ccccc12)C(=O)NC1CC1)c1ccc(F)c(F)c1. The van der Waals surface area contributed by atoms with Gasteiger partial charge in [-0.2, -0.15) is 0 Å². The first-order valence-electron chi connectivity index (χ1n) is 9.12. The molecule has 2 aromatic carbocycles. The van der Waals surface area contributed by atoms with Crippen LogP contribution in [0.3, 0.4) is 0 Å². The third kappa shape index (κ3) is 3.88. The van der Waals surface area contributed by atoms with Crippen molar-refractivity contribution in [1.82, 2.24) is 15.6 Å². The fourth-order valence-corrected chi connectivity index (χ4v) is 3.14. The van der Waals surface area contributed by atoms with Gasteiger partial charge in [-0.1, -0.05) is 18.2 Å². The second-order valence-corrected chi connectivity index (χ2v) is 7.00.